The minimum Gasteiger partial charge on any atom is -0.0616 e. The van der Waals surface area contributed by atoms with Gasteiger partial charge in [0, 0.05) is 0 Å². The first-order valence-electron chi connectivity index (χ1n) is 6.12. The van der Waals surface area contributed by atoms with Crippen LogP contribution in [0.2, 0.25) is 0 Å². The number of rotatable bonds is 0. The number of fused-ring (bicyclic) bond motifs is 3. The second-order valence-corrected chi connectivity index (χ2v) is 4.67. The molecule has 1 radical (unpaired) electrons. The first kappa shape index (κ1) is 9.67. The Kier molecular flexibility index (Phi) is 1.92. The Balaban J connectivity index is 2.20. The van der Waals surface area contributed by atoms with Crippen LogP contribution in [0.15, 0.2) is 66.7 Å². The van der Waals surface area contributed by atoms with Crippen molar-refractivity contribution in [1.29, 1.82) is 0 Å². The van der Waals surface area contributed by atoms with Crippen molar-refractivity contribution in [3.63, 3.8) is 0 Å². The second kappa shape index (κ2) is 3.58. The topological polar surface area (TPSA) is 0 Å². The van der Waals surface area contributed by atoms with E-state index in [0.29, 0.717) is 0 Å². The van der Waals surface area contributed by atoms with Gasteiger partial charge < -0.3 is 0 Å². The van der Waals surface area contributed by atoms with Crippen LogP contribution in [-0.2, 0) is 0 Å². The van der Waals surface area contributed by atoms with E-state index in [1.165, 1.54) is 32.3 Å². The van der Waals surface area contributed by atoms with Gasteiger partial charge >= 0.3 is 0 Å². The van der Waals surface area contributed by atoms with Crippen molar-refractivity contribution >= 4 is 32.3 Å². The fraction of sp³-hybridized carbons (Fsp3) is 0. The summed E-state index contributed by atoms with van der Waals surface area (Å²) in [5.74, 6) is 0. The van der Waals surface area contributed by atoms with Gasteiger partial charge in [-0.1, -0.05) is 36.4 Å². The Bertz CT molecular complexity index is 728. The average Bonchev–Trinajstić information content (AvgIpc) is 2.42. The number of hydrogen-bond donors (Lipinski definition) is 0. The van der Waals surface area contributed by atoms with Gasteiger partial charge in [-0.05, 0) is 68.7 Å². The molecule has 0 atom stereocenters. The van der Waals surface area contributed by atoms with E-state index in [4.69, 9.17) is 0 Å². The van der Waals surface area contributed by atoms with Gasteiger partial charge in [-0.25, -0.2) is 0 Å². The van der Waals surface area contributed by atoms with Crippen LogP contribution in [0.3, 0.4) is 0 Å². The minimum atomic E-state index is 1.25. The highest BCUT2D eigenvalue weighted by Gasteiger charge is 2.00. The molecule has 0 fully saturated rings. The van der Waals surface area contributed by atoms with Crippen molar-refractivity contribution in [2.24, 2.45) is 0 Å². The van der Waals surface area contributed by atoms with E-state index in [0.717, 1.165) is 0 Å². The Morgan fingerprint density at radius 3 is 1.78 bits per heavy atom. The molecule has 0 spiro atoms. The Morgan fingerprint density at radius 1 is 0.556 bits per heavy atom. The van der Waals surface area contributed by atoms with Crippen molar-refractivity contribution in [2.75, 3.05) is 0 Å². The molecule has 0 nitrogen and oxygen atoms in total. The van der Waals surface area contributed by atoms with E-state index in [1.54, 1.807) is 0 Å². The summed E-state index contributed by atoms with van der Waals surface area (Å²) in [5.41, 5.74) is 0. The molecule has 4 aromatic carbocycles. The molecular formula is C18H11. The molecule has 0 heterocycles. The van der Waals surface area contributed by atoms with Crippen molar-refractivity contribution in [3.8, 4) is 0 Å². The lowest BCUT2D eigenvalue weighted by Gasteiger charge is -2.04. The van der Waals surface area contributed by atoms with Crippen LogP contribution in [0, 0.1) is 6.07 Å². The third kappa shape index (κ3) is 1.39. The predicted molar refractivity (Wildman–Crippen MR) is 77.8 cm³/mol. The predicted octanol–water partition coefficient (Wildman–Crippen LogP) is 4.95. The molecule has 0 aliphatic heterocycles. The van der Waals surface area contributed by atoms with Crippen LogP contribution >= 0.6 is 0 Å². The molecule has 0 amide bonds. The van der Waals surface area contributed by atoms with E-state index >= 15 is 0 Å². The van der Waals surface area contributed by atoms with Gasteiger partial charge in [-0.15, -0.1) is 0 Å². The number of hydrogen-bond acceptors (Lipinski definition) is 0. The SMILES string of the molecule is [c]1ccc2cc3cc4ccccc4cc3cc2c1. The molecule has 0 aliphatic rings. The van der Waals surface area contributed by atoms with E-state index < -0.39 is 0 Å². The Morgan fingerprint density at radius 2 is 1.11 bits per heavy atom. The van der Waals surface area contributed by atoms with E-state index in [9.17, 15) is 0 Å². The maximum absolute atomic E-state index is 3.14. The molecule has 18 heavy (non-hydrogen) atoms. The molecular weight excluding hydrogens is 216 g/mol. The molecule has 0 unspecified atom stereocenters. The third-order valence-corrected chi connectivity index (χ3v) is 3.50. The molecule has 0 N–H and O–H groups in total. The standard InChI is InChI=1S/C18H11/c1-2-6-14-10-18-12-16-8-4-3-7-15(16)11-17(18)9-13(14)5-1/h1-3,5-12H. The van der Waals surface area contributed by atoms with Crippen LogP contribution < -0.4 is 0 Å². The molecule has 83 valence electrons. The van der Waals surface area contributed by atoms with E-state index in [1.807, 2.05) is 12.1 Å². The lowest BCUT2D eigenvalue weighted by atomic mass is 10.00. The van der Waals surface area contributed by atoms with Crippen LogP contribution in [0.4, 0.5) is 0 Å². The zero-order valence-electron chi connectivity index (χ0n) is 9.85. The van der Waals surface area contributed by atoms with Crippen LogP contribution in [0.5, 0.6) is 0 Å². The summed E-state index contributed by atoms with van der Waals surface area (Å²) in [6.45, 7) is 0. The summed E-state index contributed by atoms with van der Waals surface area (Å²) in [4.78, 5) is 0. The first-order valence-corrected chi connectivity index (χ1v) is 6.12. The smallest absolute Gasteiger partial charge is 0.0171 e. The zero-order chi connectivity index (χ0) is 11.9. The highest BCUT2D eigenvalue weighted by atomic mass is 14.0. The summed E-state index contributed by atoms with van der Waals surface area (Å²) in [6.07, 6.45) is 0. The fourth-order valence-electron chi connectivity index (χ4n) is 2.57. The van der Waals surface area contributed by atoms with Crippen LogP contribution in [0.25, 0.3) is 32.3 Å². The largest absolute Gasteiger partial charge is 0.0616 e. The average molecular weight is 227 g/mol. The first-order chi connectivity index (χ1) is 8.90. The third-order valence-electron chi connectivity index (χ3n) is 3.50. The van der Waals surface area contributed by atoms with Gasteiger partial charge in [0.15, 0.2) is 0 Å². The minimum absolute atomic E-state index is 1.25. The lowest BCUT2D eigenvalue weighted by molar-refractivity contribution is 1.76. The summed E-state index contributed by atoms with van der Waals surface area (Å²) < 4.78 is 0. The summed E-state index contributed by atoms with van der Waals surface area (Å²) in [6, 6.07) is 26.8. The van der Waals surface area contributed by atoms with Gasteiger partial charge in [0.05, 0.1) is 0 Å². The quantitative estimate of drug-likeness (QED) is 0.373. The molecule has 0 bridgehead atoms. The maximum atomic E-state index is 3.14. The second-order valence-electron chi connectivity index (χ2n) is 4.67. The molecule has 0 aliphatic carbocycles. The van der Waals surface area contributed by atoms with Crippen molar-refractivity contribution in [1.82, 2.24) is 0 Å². The molecule has 0 saturated carbocycles. The van der Waals surface area contributed by atoms with Gasteiger partial charge in [0.1, 0.15) is 0 Å². The molecule has 0 aromatic heterocycles. The van der Waals surface area contributed by atoms with Crippen molar-refractivity contribution in [2.45, 2.75) is 0 Å². The summed E-state index contributed by atoms with van der Waals surface area (Å²) in [7, 11) is 0. The zero-order valence-corrected chi connectivity index (χ0v) is 9.85. The van der Waals surface area contributed by atoms with E-state index in [2.05, 4.69) is 60.7 Å². The van der Waals surface area contributed by atoms with Crippen molar-refractivity contribution < 1.29 is 0 Å². The van der Waals surface area contributed by atoms with Gasteiger partial charge in [0.25, 0.3) is 0 Å². The summed E-state index contributed by atoms with van der Waals surface area (Å²) in [5, 5.41) is 7.71. The fourth-order valence-corrected chi connectivity index (χ4v) is 2.57. The van der Waals surface area contributed by atoms with Crippen LogP contribution in [0.1, 0.15) is 0 Å². The normalized spacial score (nSPS) is 11.3. The van der Waals surface area contributed by atoms with Gasteiger partial charge in [-0.3, -0.25) is 0 Å². The Labute approximate surface area is 105 Å². The molecule has 4 aromatic rings. The summed E-state index contributed by atoms with van der Waals surface area (Å²) >= 11 is 0. The van der Waals surface area contributed by atoms with Crippen LogP contribution in [-0.4, -0.2) is 0 Å². The highest BCUT2D eigenvalue weighted by Crippen LogP contribution is 2.27. The highest BCUT2D eigenvalue weighted by molar-refractivity contribution is 6.04. The van der Waals surface area contributed by atoms with Crippen molar-refractivity contribution in [3.05, 3.63) is 72.8 Å². The molecule has 4 rings (SSSR count). The molecule has 0 saturated heterocycles. The Hall–Kier alpha value is -2.34. The van der Waals surface area contributed by atoms with E-state index in [-0.39, 0.29) is 0 Å². The lowest BCUT2D eigenvalue weighted by Crippen LogP contribution is -1.78. The van der Waals surface area contributed by atoms with Gasteiger partial charge in [-0.2, -0.15) is 0 Å². The monoisotopic (exact) mass is 227 g/mol. The maximum Gasteiger partial charge on any atom is -0.0171 e. The molecule has 0 heteroatoms. The number of benzene rings is 4. The van der Waals surface area contributed by atoms with Gasteiger partial charge in [0.2, 0.25) is 0 Å².